The second-order valence-electron chi connectivity index (χ2n) is 6.26. The van der Waals surface area contributed by atoms with Crippen molar-refractivity contribution in [2.45, 2.75) is 39.3 Å². The van der Waals surface area contributed by atoms with E-state index < -0.39 is 0 Å². The van der Waals surface area contributed by atoms with Gasteiger partial charge in [0, 0.05) is 18.3 Å². The molecule has 1 fully saturated rings. The minimum Gasteiger partial charge on any atom is -0.464 e. The highest BCUT2D eigenvalue weighted by Crippen LogP contribution is 2.29. The summed E-state index contributed by atoms with van der Waals surface area (Å²) in [5.74, 6) is 1.49. The topological polar surface area (TPSA) is 36.7 Å². The Kier molecular flexibility index (Phi) is 4.88. The molecule has 3 rings (SSSR count). The van der Waals surface area contributed by atoms with Gasteiger partial charge in [-0.2, -0.15) is 0 Å². The smallest absolute Gasteiger partial charge is 0.242 e. The SMILES string of the molecule is CCN(CC(=O)N(Cc1ccc(C)o1)C1CC1)c1ccc(F)cc1. The van der Waals surface area contributed by atoms with Crippen LogP contribution in [0.2, 0.25) is 0 Å². The van der Waals surface area contributed by atoms with Gasteiger partial charge in [-0.25, -0.2) is 4.39 Å². The molecule has 0 aliphatic heterocycles. The van der Waals surface area contributed by atoms with E-state index in [4.69, 9.17) is 4.42 Å². The number of amides is 1. The number of furan rings is 1. The molecule has 24 heavy (non-hydrogen) atoms. The summed E-state index contributed by atoms with van der Waals surface area (Å²) >= 11 is 0. The summed E-state index contributed by atoms with van der Waals surface area (Å²) in [5.41, 5.74) is 0.858. The largest absolute Gasteiger partial charge is 0.464 e. The molecule has 0 unspecified atom stereocenters. The molecule has 1 aromatic carbocycles. The minimum absolute atomic E-state index is 0.0812. The highest BCUT2D eigenvalue weighted by atomic mass is 19.1. The van der Waals surface area contributed by atoms with Crippen LogP contribution in [0.4, 0.5) is 10.1 Å². The summed E-state index contributed by atoms with van der Waals surface area (Å²) in [6.45, 7) is 5.39. The molecule has 0 atom stereocenters. The maximum absolute atomic E-state index is 13.1. The summed E-state index contributed by atoms with van der Waals surface area (Å²) in [7, 11) is 0. The zero-order valence-corrected chi connectivity index (χ0v) is 14.2. The molecule has 1 aliphatic carbocycles. The molecule has 4 nitrogen and oxygen atoms in total. The Labute approximate surface area is 141 Å². The fourth-order valence-electron chi connectivity index (χ4n) is 2.84. The number of halogens is 1. The maximum Gasteiger partial charge on any atom is 0.242 e. The highest BCUT2D eigenvalue weighted by molar-refractivity contribution is 5.82. The normalized spacial score (nSPS) is 13.8. The molecular weight excluding hydrogens is 307 g/mol. The van der Waals surface area contributed by atoms with E-state index in [0.29, 0.717) is 25.7 Å². The van der Waals surface area contributed by atoms with Gasteiger partial charge in [-0.15, -0.1) is 0 Å². The van der Waals surface area contributed by atoms with Gasteiger partial charge in [-0.05, 0) is 63.1 Å². The Morgan fingerprint density at radius 2 is 1.92 bits per heavy atom. The van der Waals surface area contributed by atoms with Gasteiger partial charge in [-0.3, -0.25) is 4.79 Å². The number of benzene rings is 1. The summed E-state index contributed by atoms with van der Waals surface area (Å²) in [4.78, 5) is 16.7. The van der Waals surface area contributed by atoms with Crippen molar-refractivity contribution in [3.63, 3.8) is 0 Å². The van der Waals surface area contributed by atoms with Crippen LogP contribution >= 0.6 is 0 Å². The lowest BCUT2D eigenvalue weighted by molar-refractivity contribution is -0.131. The third-order valence-electron chi connectivity index (χ3n) is 4.33. The molecule has 1 saturated carbocycles. The number of hydrogen-bond acceptors (Lipinski definition) is 3. The number of carbonyl (C=O) groups excluding carboxylic acids is 1. The molecule has 1 heterocycles. The number of aryl methyl sites for hydroxylation is 1. The average Bonchev–Trinajstić information content (AvgIpc) is 3.33. The molecule has 0 saturated heterocycles. The molecule has 0 radical (unpaired) electrons. The van der Waals surface area contributed by atoms with Gasteiger partial charge >= 0.3 is 0 Å². The van der Waals surface area contributed by atoms with Crippen molar-refractivity contribution in [3.05, 3.63) is 53.7 Å². The lowest BCUT2D eigenvalue weighted by Crippen LogP contribution is -2.41. The van der Waals surface area contributed by atoms with Crippen molar-refractivity contribution in [3.8, 4) is 0 Å². The third kappa shape index (κ3) is 3.96. The van der Waals surface area contributed by atoms with Crippen molar-refractivity contribution in [1.82, 2.24) is 4.90 Å². The van der Waals surface area contributed by atoms with Gasteiger partial charge in [0.1, 0.15) is 17.3 Å². The van der Waals surface area contributed by atoms with Crippen molar-refractivity contribution < 1.29 is 13.6 Å². The van der Waals surface area contributed by atoms with E-state index in [9.17, 15) is 9.18 Å². The van der Waals surface area contributed by atoms with Crippen molar-refractivity contribution in [2.75, 3.05) is 18.0 Å². The average molecular weight is 330 g/mol. The summed E-state index contributed by atoms with van der Waals surface area (Å²) < 4.78 is 18.7. The maximum atomic E-state index is 13.1. The monoisotopic (exact) mass is 330 g/mol. The Morgan fingerprint density at radius 1 is 1.21 bits per heavy atom. The quantitative estimate of drug-likeness (QED) is 0.776. The fourth-order valence-corrected chi connectivity index (χ4v) is 2.84. The first-order valence-electron chi connectivity index (χ1n) is 8.42. The first kappa shape index (κ1) is 16.6. The number of rotatable bonds is 7. The predicted octanol–water partition coefficient (Wildman–Crippen LogP) is 3.74. The van der Waals surface area contributed by atoms with Gasteiger partial charge in [0.2, 0.25) is 5.91 Å². The van der Waals surface area contributed by atoms with Gasteiger partial charge in [0.05, 0.1) is 13.1 Å². The van der Waals surface area contributed by atoms with Gasteiger partial charge in [-0.1, -0.05) is 0 Å². The van der Waals surface area contributed by atoms with Crippen LogP contribution in [0.25, 0.3) is 0 Å². The molecule has 0 N–H and O–H groups in total. The molecule has 0 spiro atoms. The number of likely N-dealkylation sites (N-methyl/N-ethyl adjacent to an activating group) is 1. The lowest BCUT2D eigenvalue weighted by Gasteiger charge is -2.27. The number of hydrogen-bond donors (Lipinski definition) is 0. The van der Waals surface area contributed by atoms with Gasteiger partial charge < -0.3 is 14.2 Å². The number of carbonyl (C=O) groups is 1. The van der Waals surface area contributed by atoms with Crippen LogP contribution in [0.1, 0.15) is 31.3 Å². The predicted molar refractivity (Wildman–Crippen MR) is 91.3 cm³/mol. The fraction of sp³-hybridized carbons (Fsp3) is 0.421. The van der Waals surface area contributed by atoms with Crippen molar-refractivity contribution in [1.29, 1.82) is 0 Å². The number of anilines is 1. The molecule has 1 amide bonds. The molecular formula is C19H23FN2O2. The molecule has 5 heteroatoms. The first-order valence-corrected chi connectivity index (χ1v) is 8.42. The summed E-state index contributed by atoms with van der Waals surface area (Å²) in [5, 5.41) is 0. The minimum atomic E-state index is -0.270. The Hall–Kier alpha value is -2.30. The van der Waals surface area contributed by atoms with Crippen LogP contribution in [-0.2, 0) is 11.3 Å². The first-order chi connectivity index (χ1) is 11.6. The van der Waals surface area contributed by atoms with Crippen LogP contribution in [0.3, 0.4) is 0 Å². The van der Waals surface area contributed by atoms with Crippen LogP contribution in [0.5, 0.6) is 0 Å². The molecule has 128 valence electrons. The highest BCUT2D eigenvalue weighted by Gasteiger charge is 2.33. The van der Waals surface area contributed by atoms with Crippen molar-refractivity contribution in [2.24, 2.45) is 0 Å². The summed E-state index contributed by atoms with van der Waals surface area (Å²) in [6.07, 6.45) is 2.10. The van der Waals surface area contributed by atoms with E-state index in [2.05, 4.69) is 0 Å². The molecule has 1 aromatic heterocycles. The standard InChI is InChI=1S/C19H23FN2O2/c1-3-21(16-7-5-15(20)6-8-16)13-19(23)22(17-9-10-17)12-18-11-4-14(2)24-18/h4-8,11,17H,3,9-10,12-13H2,1-2H3. The molecule has 2 aromatic rings. The summed E-state index contributed by atoms with van der Waals surface area (Å²) in [6, 6.07) is 10.4. The van der Waals surface area contributed by atoms with Crippen LogP contribution in [0.15, 0.2) is 40.8 Å². The second kappa shape index (κ2) is 7.07. The Balaban J connectivity index is 1.69. The van der Waals surface area contributed by atoms with Gasteiger partial charge in [0.15, 0.2) is 0 Å². The molecule has 0 bridgehead atoms. The van der Waals surface area contributed by atoms with E-state index in [1.165, 1.54) is 12.1 Å². The van der Waals surface area contributed by atoms with Gasteiger partial charge in [0.25, 0.3) is 0 Å². The zero-order valence-electron chi connectivity index (χ0n) is 14.2. The van der Waals surface area contributed by atoms with E-state index >= 15 is 0 Å². The zero-order chi connectivity index (χ0) is 17.1. The third-order valence-corrected chi connectivity index (χ3v) is 4.33. The van der Waals surface area contributed by atoms with E-state index in [1.54, 1.807) is 12.1 Å². The van der Waals surface area contributed by atoms with Crippen LogP contribution < -0.4 is 4.90 Å². The van der Waals surface area contributed by atoms with Crippen molar-refractivity contribution >= 4 is 11.6 Å². The van der Waals surface area contributed by atoms with E-state index in [1.807, 2.05) is 35.8 Å². The number of nitrogens with zero attached hydrogens (tertiary/aromatic N) is 2. The Morgan fingerprint density at radius 3 is 2.46 bits per heavy atom. The van der Waals surface area contributed by atoms with E-state index in [0.717, 1.165) is 30.0 Å². The van der Waals surface area contributed by atoms with E-state index in [-0.39, 0.29) is 11.7 Å². The van der Waals surface area contributed by atoms with Crippen LogP contribution in [0, 0.1) is 12.7 Å². The second-order valence-corrected chi connectivity index (χ2v) is 6.26. The Bertz CT molecular complexity index is 692. The van der Waals surface area contributed by atoms with Crippen LogP contribution in [-0.4, -0.2) is 29.9 Å². The lowest BCUT2D eigenvalue weighted by atomic mass is 10.2. The molecule has 1 aliphatic rings.